The molecule has 96 valence electrons. The third kappa shape index (κ3) is 1.97. The van der Waals surface area contributed by atoms with Gasteiger partial charge in [-0.05, 0) is 34.1 Å². The lowest BCUT2D eigenvalue weighted by Gasteiger charge is -2.07. The van der Waals surface area contributed by atoms with E-state index >= 15 is 0 Å². The molecule has 0 amide bonds. The molecule has 0 saturated carbocycles. The van der Waals surface area contributed by atoms with E-state index in [1.807, 2.05) is 0 Å². The van der Waals surface area contributed by atoms with Crippen LogP contribution in [0.3, 0.4) is 0 Å². The SMILES string of the molecule is O=S(=O)(c1ccccc1)c1c(Br)cnc2[nH]ccc12. The van der Waals surface area contributed by atoms with Crippen molar-refractivity contribution in [1.29, 1.82) is 0 Å². The first-order valence-corrected chi connectivity index (χ1v) is 7.80. The van der Waals surface area contributed by atoms with Crippen LogP contribution in [-0.2, 0) is 9.84 Å². The lowest BCUT2D eigenvalue weighted by molar-refractivity contribution is 0.596. The molecular formula is C13H9BrN2O2S. The van der Waals surface area contributed by atoms with Gasteiger partial charge in [0.15, 0.2) is 0 Å². The Morgan fingerprint density at radius 2 is 1.84 bits per heavy atom. The predicted octanol–water partition coefficient (Wildman–Crippen LogP) is 3.16. The van der Waals surface area contributed by atoms with Gasteiger partial charge < -0.3 is 4.98 Å². The largest absolute Gasteiger partial charge is 0.346 e. The Morgan fingerprint density at radius 3 is 2.58 bits per heavy atom. The van der Waals surface area contributed by atoms with Gasteiger partial charge in [-0.25, -0.2) is 13.4 Å². The van der Waals surface area contributed by atoms with E-state index in [9.17, 15) is 8.42 Å². The molecule has 3 rings (SSSR count). The first kappa shape index (κ1) is 12.4. The highest BCUT2D eigenvalue weighted by atomic mass is 79.9. The zero-order chi connectivity index (χ0) is 13.5. The molecule has 2 aromatic heterocycles. The van der Waals surface area contributed by atoms with E-state index in [1.165, 1.54) is 6.20 Å². The minimum atomic E-state index is -3.57. The van der Waals surface area contributed by atoms with Gasteiger partial charge >= 0.3 is 0 Å². The summed E-state index contributed by atoms with van der Waals surface area (Å²) in [6.07, 6.45) is 3.17. The Kier molecular flexibility index (Phi) is 2.91. The number of H-pyrrole nitrogens is 1. The van der Waals surface area contributed by atoms with Gasteiger partial charge in [-0.15, -0.1) is 0 Å². The van der Waals surface area contributed by atoms with Crippen LogP contribution >= 0.6 is 15.9 Å². The minimum Gasteiger partial charge on any atom is -0.346 e. The normalized spacial score (nSPS) is 11.8. The van der Waals surface area contributed by atoms with Crippen molar-refractivity contribution in [2.24, 2.45) is 0 Å². The Morgan fingerprint density at radius 1 is 1.11 bits per heavy atom. The molecule has 0 radical (unpaired) electrons. The monoisotopic (exact) mass is 336 g/mol. The van der Waals surface area contributed by atoms with E-state index in [1.54, 1.807) is 42.6 Å². The Labute approximate surface area is 118 Å². The number of sulfone groups is 1. The zero-order valence-electron chi connectivity index (χ0n) is 9.67. The van der Waals surface area contributed by atoms with Crippen molar-refractivity contribution in [3.63, 3.8) is 0 Å². The summed E-state index contributed by atoms with van der Waals surface area (Å²) < 4.78 is 25.9. The molecule has 1 aromatic carbocycles. The first-order chi connectivity index (χ1) is 9.10. The molecule has 0 bridgehead atoms. The van der Waals surface area contributed by atoms with Crippen LogP contribution in [0.25, 0.3) is 11.0 Å². The summed E-state index contributed by atoms with van der Waals surface area (Å²) in [6.45, 7) is 0. The van der Waals surface area contributed by atoms with E-state index in [4.69, 9.17) is 0 Å². The smallest absolute Gasteiger partial charge is 0.208 e. The number of halogens is 1. The molecule has 0 fully saturated rings. The molecule has 0 aliphatic rings. The molecule has 1 N–H and O–H groups in total. The molecule has 4 nitrogen and oxygen atoms in total. The molecule has 3 aromatic rings. The number of benzene rings is 1. The molecular weight excluding hydrogens is 328 g/mol. The van der Waals surface area contributed by atoms with Crippen LogP contribution in [0.2, 0.25) is 0 Å². The van der Waals surface area contributed by atoms with Crippen LogP contribution in [0.15, 0.2) is 63.1 Å². The highest BCUT2D eigenvalue weighted by Crippen LogP contribution is 2.32. The number of pyridine rings is 1. The maximum atomic E-state index is 12.7. The third-order valence-electron chi connectivity index (χ3n) is 2.82. The molecule has 0 saturated heterocycles. The fraction of sp³-hybridized carbons (Fsp3) is 0. The van der Waals surface area contributed by atoms with Crippen molar-refractivity contribution in [3.8, 4) is 0 Å². The van der Waals surface area contributed by atoms with Crippen molar-refractivity contribution >= 4 is 36.8 Å². The van der Waals surface area contributed by atoms with Crippen molar-refractivity contribution in [1.82, 2.24) is 9.97 Å². The van der Waals surface area contributed by atoms with E-state index in [0.717, 1.165) is 0 Å². The van der Waals surface area contributed by atoms with Gasteiger partial charge in [-0.3, -0.25) is 0 Å². The molecule has 0 aliphatic heterocycles. The van der Waals surface area contributed by atoms with Crippen LogP contribution in [0.5, 0.6) is 0 Å². The first-order valence-electron chi connectivity index (χ1n) is 5.52. The molecule has 0 atom stereocenters. The van der Waals surface area contributed by atoms with Gasteiger partial charge in [0.1, 0.15) is 5.65 Å². The van der Waals surface area contributed by atoms with Crippen molar-refractivity contribution in [2.75, 3.05) is 0 Å². The van der Waals surface area contributed by atoms with Crippen LogP contribution in [0.4, 0.5) is 0 Å². The van der Waals surface area contributed by atoms with Gasteiger partial charge in [0.05, 0.1) is 14.3 Å². The fourth-order valence-electron chi connectivity index (χ4n) is 1.95. The highest BCUT2D eigenvalue weighted by Gasteiger charge is 2.24. The fourth-order valence-corrected chi connectivity index (χ4v) is 4.42. The maximum absolute atomic E-state index is 12.7. The Bertz CT molecular complexity index is 841. The molecule has 6 heteroatoms. The van der Waals surface area contributed by atoms with Gasteiger partial charge in [-0.1, -0.05) is 18.2 Å². The van der Waals surface area contributed by atoms with Gasteiger partial charge in [0, 0.05) is 17.8 Å². The zero-order valence-corrected chi connectivity index (χ0v) is 12.1. The lowest BCUT2D eigenvalue weighted by atomic mass is 10.3. The van der Waals surface area contributed by atoms with Crippen molar-refractivity contribution < 1.29 is 8.42 Å². The topological polar surface area (TPSA) is 62.8 Å². The Hall–Kier alpha value is -1.66. The average molecular weight is 337 g/mol. The lowest BCUT2D eigenvalue weighted by Crippen LogP contribution is -2.04. The molecule has 19 heavy (non-hydrogen) atoms. The standard InChI is InChI=1S/C13H9BrN2O2S/c14-11-8-16-13-10(6-7-15-13)12(11)19(17,18)9-4-2-1-3-5-9/h1-8H,(H,15,16). The minimum absolute atomic E-state index is 0.241. The summed E-state index contributed by atoms with van der Waals surface area (Å²) in [4.78, 5) is 7.56. The highest BCUT2D eigenvalue weighted by molar-refractivity contribution is 9.10. The van der Waals surface area contributed by atoms with E-state index in [0.29, 0.717) is 15.5 Å². The summed E-state index contributed by atoms with van der Waals surface area (Å²) in [7, 11) is -3.57. The molecule has 0 spiro atoms. The third-order valence-corrected chi connectivity index (χ3v) is 5.55. The van der Waals surface area contributed by atoms with E-state index in [2.05, 4.69) is 25.9 Å². The Balaban J connectivity index is 2.36. The van der Waals surface area contributed by atoms with Crippen LogP contribution in [0, 0.1) is 0 Å². The number of nitrogens with zero attached hydrogens (tertiary/aromatic N) is 1. The number of aromatic amines is 1. The molecule has 0 unspecified atom stereocenters. The maximum Gasteiger partial charge on any atom is 0.208 e. The number of fused-ring (bicyclic) bond motifs is 1. The predicted molar refractivity (Wildman–Crippen MR) is 75.7 cm³/mol. The van der Waals surface area contributed by atoms with Gasteiger partial charge in [-0.2, -0.15) is 0 Å². The quantitative estimate of drug-likeness (QED) is 0.781. The summed E-state index contributed by atoms with van der Waals surface area (Å²) in [5.41, 5.74) is 0.553. The van der Waals surface area contributed by atoms with Crippen LogP contribution < -0.4 is 0 Å². The number of rotatable bonds is 2. The van der Waals surface area contributed by atoms with Gasteiger partial charge in [0.2, 0.25) is 9.84 Å². The second-order valence-electron chi connectivity index (χ2n) is 3.99. The molecule has 0 aliphatic carbocycles. The average Bonchev–Trinajstić information content (AvgIpc) is 2.87. The van der Waals surface area contributed by atoms with Crippen molar-refractivity contribution in [3.05, 3.63) is 53.3 Å². The molecule has 2 heterocycles. The van der Waals surface area contributed by atoms with Crippen molar-refractivity contribution in [2.45, 2.75) is 9.79 Å². The summed E-state index contributed by atoms with van der Waals surface area (Å²) >= 11 is 3.28. The number of hydrogen-bond acceptors (Lipinski definition) is 3. The number of nitrogens with one attached hydrogen (secondary N) is 1. The second kappa shape index (κ2) is 4.47. The summed E-state index contributed by atoms with van der Waals surface area (Å²) in [5, 5.41) is 0.582. The van der Waals surface area contributed by atoms with Crippen LogP contribution in [-0.4, -0.2) is 18.4 Å². The second-order valence-corrected chi connectivity index (χ2v) is 6.73. The summed E-state index contributed by atoms with van der Waals surface area (Å²) in [5.74, 6) is 0. The van der Waals surface area contributed by atoms with Gasteiger partial charge in [0.25, 0.3) is 0 Å². The van der Waals surface area contributed by atoms with E-state index < -0.39 is 9.84 Å². The summed E-state index contributed by atoms with van der Waals surface area (Å²) in [6, 6.07) is 10.1. The van der Waals surface area contributed by atoms with E-state index in [-0.39, 0.29) is 9.79 Å². The number of hydrogen-bond donors (Lipinski definition) is 1. The van der Waals surface area contributed by atoms with Crippen LogP contribution in [0.1, 0.15) is 0 Å². The number of aromatic nitrogens is 2.